The molecule has 2 heterocycles. The van der Waals surface area contributed by atoms with Gasteiger partial charge in [0.1, 0.15) is 18.4 Å². The van der Waals surface area contributed by atoms with Crippen LogP contribution in [0, 0.1) is 11.7 Å². The first-order valence-corrected chi connectivity index (χ1v) is 12.7. The van der Waals surface area contributed by atoms with Crippen LogP contribution in [0.25, 0.3) is 10.9 Å². The van der Waals surface area contributed by atoms with E-state index in [-0.39, 0.29) is 47.6 Å². The number of nitrogens with one attached hydrogen (secondary N) is 1. The molecular formula is C26H24ClF4N5O5. The number of hydrogen-bond acceptors (Lipinski definition) is 5. The Kier molecular flexibility index (Phi) is 8.52. The minimum absolute atomic E-state index is 0.00838. The summed E-state index contributed by atoms with van der Waals surface area (Å²) in [7, 11) is 0. The summed E-state index contributed by atoms with van der Waals surface area (Å²) in [5.74, 6) is -4.34. The Labute approximate surface area is 235 Å². The van der Waals surface area contributed by atoms with Crippen LogP contribution in [-0.4, -0.2) is 61.7 Å². The van der Waals surface area contributed by atoms with Gasteiger partial charge in [-0.05, 0) is 48.9 Å². The summed E-state index contributed by atoms with van der Waals surface area (Å²) in [6, 6.07) is 10.8. The summed E-state index contributed by atoms with van der Waals surface area (Å²) in [5, 5.41) is 14.8. The Balaban J connectivity index is 0.000000493. The number of carboxylic acid groups (broad SMARTS) is 1. The standard InChI is InChI=1S/C24H23ClFN5O3.C2HF3O2/c25-17-9-13(5-8-18(17)26)11-28-24(34)22-14-6-7-15(10-14)31(22)20(32)12-30-19-4-2-1-3-16(19)21(29-30)23(27)33;3-2(4,5)1(6)7/h1-5,8-9,14-15,22H,6-7,10-12H2,(H2,27,33)(H,28,34);(H,6,7)/t14-,15+,22-;/m0./s1. The van der Waals surface area contributed by atoms with E-state index in [9.17, 15) is 31.9 Å². The molecule has 5 rings (SSSR count). The first kappa shape index (κ1) is 29.8. The molecule has 2 aliphatic rings. The third-order valence-corrected chi connectivity index (χ3v) is 7.30. The Morgan fingerprint density at radius 2 is 1.80 bits per heavy atom. The summed E-state index contributed by atoms with van der Waals surface area (Å²) >= 11 is 5.83. The predicted molar refractivity (Wildman–Crippen MR) is 137 cm³/mol. The zero-order chi connectivity index (χ0) is 30.1. The molecule has 1 aliphatic heterocycles. The van der Waals surface area contributed by atoms with Gasteiger partial charge in [0.05, 0.1) is 10.5 Å². The van der Waals surface area contributed by atoms with E-state index in [1.807, 2.05) is 0 Å². The lowest BCUT2D eigenvalue weighted by molar-refractivity contribution is -0.192. The zero-order valence-electron chi connectivity index (χ0n) is 21.2. The van der Waals surface area contributed by atoms with Gasteiger partial charge >= 0.3 is 12.1 Å². The number of carboxylic acids is 1. The van der Waals surface area contributed by atoms with Crippen molar-refractivity contribution in [2.45, 2.75) is 50.6 Å². The smallest absolute Gasteiger partial charge is 0.475 e. The van der Waals surface area contributed by atoms with Crippen LogP contribution >= 0.6 is 11.6 Å². The lowest BCUT2D eigenvalue weighted by Crippen LogP contribution is -2.53. The zero-order valence-corrected chi connectivity index (χ0v) is 22.0. The molecule has 0 spiro atoms. The number of aliphatic carboxylic acids is 1. The highest BCUT2D eigenvalue weighted by Gasteiger charge is 2.51. The number of para-hydroxylation sites is 1. The van der Waals surface area contributed by atoms with Gasteiger partial charge in [0, 0.05) is 18.0 Å². The number of aromatic nitrogens is 2. The first-order valence-electron chi connectivity index (χ1n) is 12.4. The van der Waals surface area contributed by atoms with E-state index in [1.54, 1.807) is 35.2 Å². The Morgan fingerprint density at radius 1 is 1.12 bits per heavy atom. The van der Waals surface area contributed by atoms with E-state index in [0.717, 1.165) is 19.3 Å². The van der Waals surface area contributed by atoms with Crippen LogP contribution in [0.4, 0.5) is 17.6 Å². The number of rotatable bonds is 6. The van der Waals surface area contributed by atoms with Crippen LogP contribution < -0.4 is 11.1 Å². The molecule has 0 radical (unpaired) electrons. The highest BCUT2D eigenvalue weighted by Crippen LogP contribution is 2.42. The lowest BCUT2D eigenvalue weighted by atomic mass is 9.97. The van der Waals surface area contributed by atoms with Gasteiger partial charge in [-0.25, -0.2) is 9.18 Å². The maximum absolute atomic E-state index is 13.4. The minimum atomic E-state index is -5.08. The molecule has 1 aromatic heterocycles. The molecule has 3 atom stereocenters. The number of benzene rings is 2. The van der Waals surface area contributed by atoms with E-state index in [1.165, 1.54) is 16.8 Å². The van der Waals surface area contributed by atoms with Crippen LogP contribution in [0.15, 0.2) is 42.5 Å². The molecule has 41 heavy (non-hydrogen) atoms. The number of nitrogens with two attached hydrogens (primary N) is 1. The summed E-state index contributed by atoms with van der Waals surface area (Å²) in [4.78, 5) is 48.9. The highest BCUT2D eigenvalue weighted by molar-refractivity contribution is 6.30. The van der Waals surface area contributed by atoms with Crippen molar-refractivity contribution in [3.63, 3.8) is 0 Å². The molecule has 2 bridgehead atoms. The van der Waals surface area contributed by atoms with E-state index >= 15 is 0 Å². The third kappa shape index (κ3) is 6.42. The molecule has 3 aromatic rings. The SMILES string of the molecule is NC(=O)c1nn(CC(=O)N2[C@@H]3CC[C@@H](C3)[C@H]2C(=O)NCc2ccc(F)c(Cl)c2)c2ccccc12.O=C(O)C(F)(F)F. The second-order valence-corrected chi connectivity index (χ2v) is 10.0. The van der Waals surface area contributed by atoms with E-state index < -0.39 is 29.9 Å². The van der Waals surface area contributed by atoms with Gasteiger partial charge < -0.3 is 21.1 Å². The Bertz CT molecular complexity index is 1510. The molecule has 2 fully saturated rings. The second kappa shape index (κ2) is 11.7. The van der Waals surface area contributed by atoms with Gasteiger partial charge in [-0.3, -0.25) is 19.1 Å². The topological polar surface area (TPSA) is 148 Å². The molecule has 218 valence electrons. The fourth-order valence-corrected chi connectivity index (χ4v) is 5.47. The van der Waals surface area contributed by atoms with Crippen molar-refractivity contribution in [1.29, 1.82) is 0 Å². The molecule has 1 saturated carbocycles. The summed E-state index contributed by atoms with van der Waals surface area (Å²) in [5.41, 5.74) is 6.87. The van der Waals surface area contributed by atoms with Gasteiger partial charge in [-0.1, -0.05) is 35.9 Å². The molecule has 2 aromatic carbocycles. The number of alkyl halides is 3. The normalized spacial score (nSPS) is 19.5. The van der Waals surface area contributed by atoms with Crippen molar-refractivity contribution in [2.24, 2.45) is 11.7 Å². The van der Waals surface area contributed by atoms with E-state index in [2.05, 4.69) is 10.4 Å². The fraction of sp³-hybridized carbons (Fsp3) is 0.346. The van der Waals surface area contributed by atoms with Gasteiger partial charge in [-0.2, -0.15) is 18.3 Å². The van der Waals surface area contributed by atoms with Gasteiger partial charge in [0.2, 0.25) is 11.8 Å². The molecule has 1 aliphatic carbocycles. The largest absolute Gasteiger partial charge is 0.490 e. The number of fused-ring (bicyclic) bond motifs is 3. The number of piperidine rings is 1. The first-order chi connectivity index (χ1) is 19.3. The summed E-state index contributed by atoms with van der Waals surface area (Å²) < 4.78 is 46.6. The van der Waals surface area contributed by atoms with Crippen molar-refractivity contribution in [2.75, 3.05) is 0 Å². The van der Waals surface area contributed by atoms with Gasteiger partial charge in [-0.15, -0.1) is 0 Å². The highest BCUT2D eigenvalue weighted by atomic mass is 35.5. The minimum Gasteiger partial charge on any atom is -0.475 e. The second-order valence-electron chi connectivity index (χ2n) is 9.63. The number of nitrogens with zero attached hydrogens (tertiary/aromatic N) is 3. The van der Waals surface area contributed by atoms with Crippen molar-refractivity contribution in [3.05, 3.63) is 64.6 Å². The number of carbonyl (C=O) groups excluding carboxylic acids is 3. The van der Waals surface area contributed by atoms with E-state index in [4.69, 9.17) is 27.2 Å². The monoisotopic (exact) mass is 597 g/mol. The number of carbonyl (C=O) groups is 4. The van der Waals surface area contributed by atoms with Crippen molar-refractivity contribution >= 4 is 46.2 Å². The molecule has 3 amide bonds. The average Bonchev–Trinajstić information content (AvgIpc) is 3.63. The van der Waals surface area contributed by atoms with E-state index in [0.29, 0.717) is 16.5 Å². The molecule has 0 unspecified atom stereocenters. The van der Waals surface area contributed by atoms with Crippen LogP contribution in [0.1, 0.15) is 35.3 Å². The molecule has 15 heteroatoms. The predicted octanol–water partition coefficient (Wildman–Crippen LogP) is 3.26. The molecule has 10 nitrogen and oxygen atoms in total. The Morgan fingerprint density at radius 3 is 2.44 bits per heavy atom. The summed E-state index contributed by atoms with van der Waals surface area (Å²) in [6.45, 7) is 0.0783. The molecular weight excluding hydrogens is 574 g/mol. The maximum Gasteiger partial charge on any atom is 0.490 e. The third-order valence-electron chi connectivity index (χ3n) is 7.01. The van der Waals surface area contributed by atoms with Crippen molar-refractivity contribution in [1.82, 2.24) is 20.0 Å². The van der Waals surface area contributed by atoms with Crippen molar-refractivity contribution < 1.29 is 41.8 Å². The van der Waals surface area contributed by atoms with Gasteiger partial charge in [0.15, 0.2) is 5.69 Å². The summed E-state index contributed by atoms with van der Waals surface area (Å²) in [6.07, 6.45) is -2.58. The van der Waals surface area contributed by atoms with Gasteiger partial charge in [0.25, 0.3) is 5.91 Å². The van der Waals surface area contributed by atoms with Crippen LogP contribution in [-0.2, 0) is 27.5 Å². The average molecular weight is 598 g/mol. The fourth-order valence-electron chi connectivity index (χ4n) is 5.27. The maximum atomic E-state index is 13.4. The van der Waals surface area contributed by atoms with Crippen LogP contribution in [0.5, 0.6) is 0 Å². The van der Waals surface area contributed by atoms with Crippen molar-refractivity contribution in [3.8, 4) is 0 Å². The quantitative estimate of drug-likeness (QED) is 0.372. The number of hydrogen-bond donors (Lipinski definition) is 3. The number of amides is 3. The van der Waals surface area contributed by atoms with Crippen LogP contribution in [0.2, 0.25) is 5.02 Å². The number of halogens is 5. The molecule has 1 saturated heterocycles. The van der Waals surface area contributed by atoms with Crippen LogP contribution in [0.3, 0.4) is 0 Å². The number of likely N-dealkylation sites (tertiary alicyclic amines) is 1. The Hall–Kier alpha value is -4.20. The number of primary amides is 1. The molecule has 4 N–H and O–H groups in total. The lowest BCUT2D eigenvalue weighted by Gasteiger charge is -2.34.